The van der Waals surface area contributed by atoms with Crippen molar-refractivity contribution in [1.29, 1.82) is 0 Å². The van der Waals surface area contributed by atoms with Gasteiger partial charge in [-0.05, 0) is 42.7 Å². The lowest BCUT2D eigenvalue weighted by Crippen LogP contribution is -2.20. The lowest BCUT2D eigenvalue weighted by atomic mass is 9.80. The minimum Gasteiger partial charge on any atom is -0.144 e. The van der Waals surface area contributed by atoms with E-state index in [0.717, 1.165) is 5.92 Å². The Kier molecular flexibility index (Phi) is 3.80. The summed E-state index contributed by atoms with van der Waals surface area (Å²) in [5, 5.41) is 0. The van der Waals surface area contributed by atoms with E-state index in [9.17, 15) is 0 Å². The maximum Gasteiger partial charge on any atom is 0.0522 e. The van der Waals surface area contributed by atoms with Gasteiger partial charge in [0.2, 0.25) is 0 Å². The molecule has 1 fully saturated rings. The van der Waals surface area contributed by atoms with Crippen LogP contribution in [0.4, 0.5) is 0 Å². The number of aryl methyl sites for hydroxylation is 1. The number of alkyl halides is 1. The van der Waals surface area contributed by atoms with E-state index in [4.69, 9.17) is 0 Å². The summed E-state index contributed by atoms with van der Waals surface area (Å²) in [5.74, 6) is 0.802. The van der Waals surface area contributed by atoms with Gasteiger partial charge >= 0.3 is 0 Å². The first-order valence-electron chi connectivity index (χ1n) is 6.27. The van der Waals surface area contributed by atoms with Crippen LogP contribution in [0.1, 0.15) is 54.6 Å². The Bertz CT molecular complexity index is 353. The van der Waals surface area contributed by atoms with Crippen molar-refractivity contribution in [3.8, 4) is 0 Å². The molecule has 1 aromatic rings. The first kappa shape index (κ1) is 12.6. The zero-order chi connectivity index (χ0) is 11.8. The molecule has 2 rings (SSSR count). The third-order valence-corrected chi connectivity index (χ3v) is 6.74. The highest BCUT2D eigenvalue weighted by atomic mass is 79.9. The van der Waals surface area contributed by atoms with Gasteiger partial charge in [-0.3, -0.25) is 0 Å². The summed E-state index contributed by atoms with van der Waals surface area (Å²) in [5.41, 5.74) is 0.504. The highest BCUT2D eigenvalue weighted by Crippen LogP contribution is 2.52. The van der Waals surface area contributed by atoms with Crippen LogP contribution in [0.25, 0.3) is 0 Å². The molecule has 1 aliphatic carbocycles. The summed E-state index contributed by atoms with van der Waals surface area (Å²) in [6.07, 6.45) is 5.32. The van der Waals surface area contributed by atoms with Crippen molar-refractivity contribution in [3.63, 3.8) is 0 Å². The Labute approximate surface area is 112 Å². The summed E-state index contributed by atoms with van der Waals surface area (Å²) in [4.78, 5) is 3.60. The summed E-state index contributed by atoms with van der Waals surface area (Å²) < 4.78 is 0. The third-order valence-electron chi connectivity index (χ3n) is 4.00. The van der Waals surface area contributed by atoms with Gasteiger partial charge in [0.25, 0.3) is 0 Å². The maximum absolute atomic E-state index is 3.94. The predicted molar refractivity (Wildman–Crippen MR) is 76.5 cm³/mol. The van der Waals surface area contributed by atoms with E-state index in [1.807, 2.05) is 11.3 Å². The van der Waals surface area contributed by atoms with Gasteiger partial charge in [-0.15, -0.1) is 11.3 Å². The van der Waals surface area contributed by atoms with Gasteiger partial charge in [0.05, 0.1) is 4.83 Å². The maximum atomic E-state index is 3.94. The minimum atomic E-state index is 0.504. The molecule has 2 unspecified atom stereocenters. The second-order valence-corrected chi connectivity index (χ2v) is 7.73. The molecule has 16 heavy (non-hydrogen) atoms. The smallest absolute Gasteiger partial charge is 0.0522 e. The molecule has 1 saturated carbocycles. The molecule has 2 heteroatoms. The zero-order valence-corrected chi connectivity index (χ0v) is 12.8. The monoisotopic (exact) mass is 300 g/mol. The average molecular weight is 301 g/mol. The van der Waals surface area contributed by atoms with E-state index in [1.165, 1.54) is 35.4 Å². The second-order valence-electron chi connectivity index (χ2n) is 5.55. The third kappa shape index (κ3) is 2.38. The highest BCUT2D eigenvalue weighted by Gasteiger charge is 2.39. The normalized spacial score (nSPS) is 25.9. The zero-order valence-electron chi connectivity index (χ0n) is 10.4. The van der Waals surface area contributed by atoms with Crippen LogP contribution < -0.4 is 0 Å². The van der Waals surface area contributed by atoms with Gasteiger partial charge in [0.1, 0.15) is 0 Å². The lowest BCUT2D eigenvalue weighted by Gasteiger charge is -2.30. The van der Waals surface area contributed by atoms with Crippen LogP contribution in [0, 0.1) is 11.3 Å². The summed E-state index contributed by atoms with van der Waals surface area (Å²) >= 11 is 5.92. The van der Waals surface area contributed by atoms with E-state index in [1.54, 1.807) is 0 Å². The van der Waals surface area contributed by atoms with Crippen LogP contribution >= 0.6 is 27.3 Å². The Balaban J connectivity index is 2.15. The first-order chi connectivity index (χ1) is 7.54. The van der Waals surface area contributed by atoms with E-state index in [-0.39, 0.29) is 0 Å². The second kappa shape index (κ2) is 4.81. The molecule has 0 amide bonds. The molecular formula is C14H21BrS. The molecule has 0 nitrogen and oxygen atoms in total. The van der Waals surface area contributed by atoms with E-state index in [0.29, 0.717) is 10.2 Å². The Morgan fingerprint density at radius 3 is 2.75 bits per heavy atom. The predicted octanol–water partition coefficient (Wildman–Crippen LogP) is 5.57. The summed E-state index contributed by atoms with van der Waals surface area (Å²) in [7, 11) is 0. The van der Waals surface area contributed by atoms with Crippen molar-refractivity contribution in [3.05, 3.63) is 21.9 Å². The van der Waals surface area contributed by atoms with Crippen molar-refractivity contribution in [2.24, 2.45) is 11.3 Å². The summed E-state index contributed by atoms with van der Waals surface area (Å²) in [6.45, 7) is 7.08. The molecule has 1 aliphatic rings. The van der Waals surface area contributed by atoms with Crippen molar-refractivity contribution in [1.82, 2.24) is 0 Å². The van der Waals surface area contributed by atoms with Crippen molar-refractivity contribution < 1.29 is 0 Å². The lowest BCUT2D eigenvalue weighted by molar-refractivity contribution is 0.258. The van der Waals surface area contributed by atoms with Gasteiger partial charge < -0.3 is 0 Å². The number of halogens is 1. The Morgan fingerprint density at radius 2 is 2.25 bits per heavy atom. The minimum absolute atomic E-state index is 0.504. The summed E-state index contributed by atoms with van der Waals surface area (Å²) in [6, 6.07) is 4.60. The molecule has 0 saturated heterocycles. The van der Waals surface area contributed by atoms with Crippen LogP contribution in [-0.4, -0.2) is 0 Å². The molecule has 90 valence electrons. The van der Waals surface area contributed by atoms with Crippen LogP contribution in [0.2, 0.25) is 0 Å². The Morgan fingerprint density at radius 1 is 1.50 bits per heavy atom. The van der Waals surface area contributed by atoms with E-state index >= 15 is 0 Å². The molecule has 0 aromatic carbocycles. The van der Waals surface area contributed by atoms with Gasteiger partial charge in [0, 0.05) is 9.75 Å². The number of rotatable bonds is 3. The van der Waals surface area contributed by atoms with Gasteiger partial charge in [0.15, 0.2) is 0 Å². The molecule has 0 bridgehead atoms. The van der Waals surface area contributed by atoms with E-state index < -0.39 is 0 Å². The molecule has 0 N–H and O–H groups in total. The standard InChI is InChI=1S/C14H21BrS/c1-4-10-7-8-12(16-10)13(15)11-6-5-9-14(11,2)3/h7-8,11,13H,4-6,9H2,1-3H3. The largest absolute Gasteiger partial charge is 0.144 e. The SMILES string of the molecule is CCc1ccc(C(Br)C2CCCC2(C)C)s1. The van der Waals surface area contributed by atoms with Crippen LogP contribution in [0.15, 0.2) is 12.1 Å². The molecule has 2 atom stereocenters. The molecule has 1 aromatic heterocycles. The van der Waals surface area contributed by atoms with E-state index in [2.05, 4.69) is 48.8 Å². The highest BCUT2D eigenvalue weighted by molar-refractivity contribution is 9.09. The molecule has 0 radical (unpaired) electrons. The topological polar surface area (TPSA) is 0 Å². The van der Waals surface area contributed by atoms with Crippen molar-refractivity contribution in [2.75, 3.05) is 0 Å². The van der Waals surface area contributed by atoms with Gasteiger partial charge in [-0.25, -0.2) is 0 Å². The molecule has 1 heterocycles. The number of hydrogen-bond acceptors (Lipinski definition) is 1. The van der Waals surface area contributed by atoms with Gasteiger partial charge in [-0.2, -0.15) is 0 Å². The van der Waals surface area contributed by atoms with Crippen LogP contribution in [0.5, 0.6) is 0 Å². The van der Waals surface area contributed by atoms with Gasteiger partial charge in [-0.1, -0.05) is 43.1 Å². The van der Waals surface area contributed by atoms with Crippen LogP contribution in [0.3, 0.4) is 0 Å². The van der Waals surface area contributed by atoms with Crippen LogP contribution in [-0.2, 0) is 6.42 Å². The van der Waals surface area contributed by atoms with Crippen molar-refractivity contribution >= 4 is 27.3 Å². The molecular weight excluding hydrogens is 280 g/mol. The quantitative estimate of drug-likeness (QED) is 0.640. The first-order valence-corrected chi connectivity index (χ1v) is 8.00. The average Bonchev–Trinajstić information content (AvgIpc) is 2.82. The number of thiophene rings is 1. The molecule has 0 aliphatic heterocycles. The van der Waals surface area contributed by atoms with Crippen molar-refractivity contribution in [2.45, 2.75) is 51.3 Å². The fourth-order valence-electron chi connectivity index (χ4n) is 2.83. The number of hydrogen-bond donors (Lipinski definition) is 0. The fraction of sp³-hybridized carbons (Fsp3) is 0.714. The fourth-order valence-corrected chi connectivity index (χ4v) is 5.24. The Hall–Kier alpha value is 0.180. The molecule has 0 spiro atoms.